The smallest absolute Gasteiger partial charge is 0.227 e. The van der Waals surface area contributed by atoms with Gasteiger partial charge in [-0.2, -0.15) is 0 Å². The largest absolute Gasteiger partial charge is 0.436 e. The van der Waals surface area contributed by atoms with Crippen LogP contribution in [0.15, 0.2) is 46.9 Å². The third-order valence-corrected chi connectivity index (χ3v) is 4.21. The van der Waals surface area contributed by atoms with E-state index in [4.69, 9.17) is 28.2 Å². The predicted molar refractivity (Wildman–Crippen MR) is 108 cm³/mol. The predicted octanol–water partition coefficient (Wildman–Crippen LogP) is 4.64. The number of anilines is 1. The van der Waals surface area contributed by atoms with E-state index in [1.54, 1.807) is 0 Å². The summed E-state index contributed by atoms with van der Waals surface area (Å²) in [5.74, 6) is 0.848. The van der Waals surface area contributed by atoms with Crippen molar-refractivity contribution >= 4 is 51.6 Å². The third-order valence-electron chi connectivity index (χ3n) is 3.73. The van der Waals surface area contributed by atoms with E-state index < -0.39 is 0 Å². The highest BCUT2D eigenvalue weighted by atomic mass is 35.5. The fourth-order valence-electron chi connectivity index (χ4n) is 2.40. The first-order valence-electron chi connectivity index (χ1n) is 8.19. The molecule has 0 unspecified atom stereocenters. The SMILES string of the molecule is Cc1ccc(-c2nc3cc(NC(=S)NC(=O)CCCCl)ccc3o2)cc1. The molecule has 2 N–H and O–H groups in total. The van der Waals surface area contributed by atoms with E-state index in [0.717, 1.165) is 11.3 Å². The molecule has 1 aromatic heterocycles. The quantitative estimate of drug-likeness (QED) is 0.493. The van der Waals surface area contributed by atoms with Crippen LogP contribution in [0, 0.1) is 6.92 Å². The van der Waals surface area contributed by atoms with E-state index in [2.05, 4.69) is 15.6 Å². The number of aryl methyl sites for hydroxylation is 1. The van der Waals surface area contributed by atoms with Crippen molar-refractivity contribution in [3.8, 4) is 11.5 Å². The second-order valence-electron chi connectivity index (χ2n) is 5.86. The number of carbonyl (C=O) groups is 1. The highest BCUT2D eigenvalue weighted by Crippen LogP contribution is 2.26. The zero-order valence-electron chi connectivity index (χ0n) is 14.2. The monoisotopic (exact) mass is 387 g/mol. The molecule has 0 fully saturated rings. The molecule has 2 aromatic carbocycles. The summed E-state index contributed by atoms with van der Waals surface area (Å²) >= 11 is 10.7. The molecule has 134 valence electrons. The van der Waals surface area contributed by atoms with E-state index in [-0.39, 0.29) is 11.0 Å². The molecule has 0 radical (unpaired) electrons. The number of aromatic nitrogens is 1. The van der Waals surface area contributed by atoms with Gasteiger partial charge in [-0.3, -0.25) is 4.79 Å². The van der Waals surface area contributed by atoms with Crippen LogP contribution in [0.4, 0.5) is 5.69 Å². The van der Waals surface area contributed by atoms with Crippen LogP contribution in [0.5, 0.6) is 0 Å². The van der Waals surface area contributed by atoms with Gasteiger partial charge >= 0.3 is 0 Å². The Labute approximate surface area is 161 Å². The lowest BCUT2D eigenvalue weighted by Gasteiger charge is -2.08. The highest BCUT2D eigenvalue weighted by Gasteiger charge is 2.10. The molecule has 0 saturated heterocycles. The second kappa shape index (κ2) is 8.29. The van der Waals surface area contributed by atoms with Crippen molar-refractivity contribution in [2.24, 2.45) is 0 Å². The number of fused-ring (bicyclic) bond motifs is 1. The lowest BCUT2D eigenvalue weighted by molar-refractivity contribution is -0.119. The van der Waals surface area contributed by atoms with E-state index in [0.29, 0.717) is 35.7 Å². The first kappa shape index (κ1) is 18.4. The van der Waals surface area contributed by atoms with E-state index in [1.165, 1.54) is 5.56 Å². The Morgan fingerprint density at radius 2 is 2.00 bits per heavy atom. The molecule has 0 aliphatic heterocycles. The summed E-state index contributed by atoms with van der Waals surface area (Å²) in [4.78, 5) is 16.2. The van der Waals surface area contributed by atoms with Crippen LogP contribution in [0.1, 0.15) is 18.4 Å². The van der Waals surface area contributed by atoms with Crippen LogP contribution in [0.25, 0.3) is 22.6 Å². The summed E-state index contributed by atoms with van der Waals surface area (Å²) in [6, 6.07) is 13.5. The van der Waals surface area contributed by atoms with Gasteiger partial charge in [-0.15, -0.1) is 11.6 Å². The van der Waals surface area contributed by atoms with Gasteiger partial charge in [0.1, 0.15) is 5.52 Å². The van der Waals surface area contributed by atoms with Crippen molar-refractivity contribution in [3.05, 3.63) is 48.0 Å². The fourth-order valence-corrected chi connectivity index (χ4v) is 2.77. The van der Waals surface area contributed by atoms with Gasteiger partial charge in [-0.1, -0.05) is 17.7 Å². The molecule has 7 heteroatoms. The normalized spacial score (nSPS) is 10.7. The second-order valence-corrected chi connectivity index (χ2v) is 6.65. The van der Waals surface area contributed by atoms with Crippen LogP contribution in [0.3, 0.4) is 0 Å². The Balaban J connectivity index is 1.72. The van der Waals surface area contributed by atoms with E-state index >= 15 is 0 Å². The Morgan fingerprint density at radius 3 is 2.73 bits per heavy atom. The van der Waals surface area contributed by atoms with Crippen LogP contribution in [-0.2, 0) is 4.79 Å². The maximum Gasteiger partial charge on any atom is 0.227 e. The maximum atomic E-state index is 11.7. The summed E-state index contributed by atoms with van der Waals surface area (Å²) in [5.41, 5.74) is 4.22. The molecule has 0 bridgehead atoms. The van der Waals surface area contributed by atoms with Crippen molar-refractivity contribution in [3.63, 3.8) is 0 Å². The number of nitrogens with one attached hydrogen (secondary N) is 2. The standard InChI is InChI=1S/C19H18ClN3O2S/c1-12-4-6-13(7-5-12)18-22-15-11-14(8-9-16(15)25-18)21-19(26)23-17(24)3-2-10-20/h4-9,11H,2-3,10H2,1H3,(H2,21,23,24,26). The maximum absolute atomic E-state index is 11.7. The molecule has 0 spiro atoms. The van der Waals surface area contributed by atoms with Gasteiger partial charge in [0.25, 0.3) is 0 Å². The molecule has 26 heavy (non-hydrogen) atoms. The number of nitrogens with zero attached hydrogens (tertiary/aromatic N) is 1. The van der Waals surface area contributed by atoms with Gasteiger partial charge < -0.3 is 15.1 Å². The van der Waals surface area contributed by atoms with Crippen molar-refractivity contribution in [2.45, 2.75) is 19.8 Å². The highest BCUT2D eigenvalue weighted by molar-refractivity contribution is 7.80. The summed E-state index contributed by atoms with van der Waals surface area (Å²) in [5, 5.41) is 5.85. The molecular formula is C19H18ClN3O2S. The number of oxazole rings is 1. The number of thiocarbonyl (C=S) groups is 1. The van der Waals surface area contributed by atoms with Crippen LogP contribution in [0.2, 0.25) is 0 Å². The minimum absolute atomic E-state index is 0.160. The van der Waals surface area contributed by atoms with Crippen molar-refractivity contribution < 1.29 is 9.21 Å². The number of carbonyl (C=O) groups excluding carboxylic acids is 1. The van der Waals surface area contributed by atoms with E-state index in [1.807, 2.05) is 49.4 Å². The molecule has 5 nitrogen and oxygen atoms in total. The molecule has 1 heterocycles. The Bertz CT molecular complexity index is 938. The first-order valence-corrected chi connectivity index (χ1v) is 9.14. The topological polar surface area (TPSA) is 67.2 Å². The lowest BCUT2D eigenvalue weighted by Crippen LogP contribution is -2.33. The number of hydrogen-bond acceptors (Lipinski definition) is 4. The average molecular weight is 388 g/mol. The summed E-state index contributed by atoms with van der Waals surface area (Å²) in [6.45, 7) is 2.03. The van der Waals surface area contributed by atoms with Crippen molar-refractivity contribution in [2.75, 3.05) is 11.2 Å². The van der Waals surface area contributed by atoms with Crippen LogP contribution >= 0.6 is 23.8 Å². The van der Waals surface area contributed by atoms with Gasteiger partial charge in [-0.25, -0.2) is 4.98 Å². The van der Waals surface area contributed by atoms with Crippen LogP contribution in [-0.4, -0.2) is 21.9 Å². The van der Waals surface area contributed by atoms with Gasteiger partial charge in [0, 0.05) is 23.6 Å². The van der Waals surface area contributed by atoms with Crippen molar-refractivity contribution in [1.82, 2.24) is 10.3 Å². The lowest BCUT2D eigenvalue weighted by atomic mass is 10.1. The van der Waals surface area contributed by atoms with Crippen molar-refractivity contribution in [1.29, 1.82) is 0 Å². The first-order chi connectivity index (χ1) is 12.5. The number of hydrogen-bond donors (Lipinski definition) is 2. The molecule has 3 rings (SSSR count). The van der Waals surface area contributed by atoms with Gasteiger partial charge in [-0.05, 0) is 55.9 Å². The number of halogens is 1. The number of alkyl halides is 1. The zero-order chi connectivity index (χ0) is 18.5. The summed E-state index contributed by atoms with van der Waals surface area (Å²) < 4.78 is 5.81. The Hall–Kier alpha value is -2.44. The van der Waals surface area contributed by atoms with E-state index in [9.17, 15) is 4.79 Å². The van der Waals surface area contributed by atoms with Gasteiger partial charge in [0.2, 0.25) is 11.8 Å². The Kier molecular flexibility index (Phi) is 5.85. The molecule has 0 saturated carbocycles. The number of benzene rings is 2. The molecule has 0 aliphatic carbocycles. The molecule has 3 aromatic rings. The zero-order valence-corrected chi connectivity index (χ0v) is 15.8. The number of rotatable bonds is 5. The minimum atomic E-state index is -0.160. The summed E-state index contributed by atoms with van der Waals surface area (Å²) in [7, 11) is 0. The van der Waals surface area contributed by atoms with Crippen LogP contribution < -0.4 is 10.6 Å². The average Bonchev–Trinajstić information content (AvgIpc) is 3.03. The molecule has 0 aliphatic rings. The fraction of sp³-hybridized carbons (Fsp3) is 0.211. The molecule has 1 amide bonds. The summed E-state index contributed by atoms with van der Waals surface area (Å²) in [6.07, 6.45) is 0.955. The molecular weight excluding hydrogens is 370 g/mol. The minimum Gasteiger partial charge on any atom is -0.436 e. The number of amides is 1. The Morgan fingerprint density at radius 1 is 1.23 bits per heavy atom. The van der Waals surface area contributed by atoms with Gasteiger partial charge in [0.05, 0.1) is 0 Å². The third kappa shape index (κ3) is 4.59. The van der Waals surface area contributed by atoms with Gasteiger partial charge in [0.15, 0.2) is 10.7 Å². The molecule has 0 atom stereocenters.